The number of ether oxygens (including phenoxy) is 2. The molecule has 4 heteroatoms. The van der Waals surface area contributed by atoms with Crippen molar-refractivity contribution in [2.45, 2.75) is 52.0 Å². The average Bonchev–Trinajstić information content (AvgIpc) is 2.25. The summed E-state index contributed by atoms with van der Waals surface area (Å²) < 4.78 is 11.2. The second-order valence-electron chi connectivity index (χ2n) is 5.60. The molecule has 0 aromatic rings. The molecule has 1 N–H and O–H groups in total. The van der Waals surface area contributed by atoms with Crippen molar-refractivity contribution < 1.29 is 9.47 Å². The van der Waals surface area contributed by atoms with E-state index in [9.17, 15) is 0 Å². The second-order valence-corrected chi connectivity index (χ2v) is 5.60. The zero-order chi connectivity index (χ0) is 12.9. The summed E-state index contributed by atoms with van der Waals surface area (Å²) >= 11 is 0. The van der Waals surface area contributed by atoms with Crippen LogP contribution >= 0.6 is 0 Å². The molecule has 0 radical (unpaired) electrons. The zero-order valence-electron chi connectivity index (χ0n) is 12.0. The first-order valence-corrected chi connectivity index (χ1v) is 6.62. The van der Waals surface area contributed by atoms with Gasteiger partial charge in [0, 0.05) is 6.04 Å². The third kappa shape index (κ3) is 5.82. The SMILES string of the molecule is CC(C)N(C)CCCNC1COC(C)(C)OC1. The molecule has 102 valence electrons. The van der Waals surface area contributed by atoms with Crippen LogP contribution in [0.1, 0.15) is 34.1 Å². The monoisotopic (exact) mass is 244 g/mol. The van der Waals surface area contributed by atoms with Crippen molar-refractivity contribution in [2.75, 3.05) is 33.4 Å². The van der Waals surface area contributed by atoms with Gasteiger partial charge in [0.1, 0.15) is 0 Å². The lowest BCUT2D eigenvalue weighted by atomic mass is 10.2. The van der Waals surface area contributed by atoms with Gasteiger partial charge in [-0.1, -0.05) is 0 Å². The van der Waals surface area contributed by atoms with Gasteiger partial charge in [-0.05, 0) is 54.3 Å². The highest BCUT2D eigenvalue weighted by Gasteiger charge is 2.27. The van der Waals surface area contributed by atoms with Gasteiger partial charge in [-0.15, -0.1) is 0 Å². The number of nitrogens with one attached hydrogen (secondary N) is 1. The van der Waals surface area contributed by atoms with Crippen molar-refractivity contribution in [3.63, 3.8) is 0 Å². The Balaban J connectivity index is 2.04. The summed E-state index contributed by atoms with van der Waals surface area (Å²) in [5.74, 6) is -0.407. The van der Waals surface area contributed by atoms with Gasteiger partial charge in [0.25, 0.3) is 0 Å². The molecule has 1 aliphatic heterocycles. The van der Waals surface area contributed by atoms with Crippen LogP contribution in [0, 0.1) is 0 Å². The first-order valence-electron chi connectivity index (χ1n) is 6.62. The van der Waals surface area contributed by atoms with Crippen LogP contribution in [0.4, 0.5) is 0 Å². The summed E-state index contributed by atoms with van der Waals surface area (Å²) in [4.78, 5) is 2.36. The smallest absolute Gasteiger partial charge is 0.162 e. The molecule has 1 aliphatic rings. The predicted molar refractivity (Wildman–Crippen MR) is 70.2 cm³/mol. The van der Waals surface area contributed by atoms with Gasteiger partial charge in [-0.3, -0.25) is 0 Å². The lowest BCUT2D eigenvalue weighted by Gasteiger charge is -2.35. The van der Waals surface area contributed by atoms with Crippen molar-refractivity contribution in [1.82, 2.24) is 10.2 Å². The molecule has 1 saturated heterocycles. The summed E-state index contributed by atoms with van der Waals surface area (Å²) in [6.45, 7) is 12.0. The van der Waals surface area contributed by atoms with Gasteiger partial charge in [-0.2, -0.15) is 0 Å². The molecule has 0 spiro atoms. The van der Waals surface area contributed by atoms with Crippen LogP contribution in [-0.4, -0.2) is 56.1 Å². The Labute approximate surface area is 106 Å². The summed E-state index contributed by atoms with van der Waals surface area (Å²) in [7, 11) is 2.17. The maximum absolute atomic E-state index is 5.60. The van der Waals surface area contributed by atoms with Crippen LogP contribution in [0.15, 0.2) is 0 Å². The number of rotatable bonds is 6. The highest BCUT2D eigenvalue weighted by Crippen LogP contribution is 2.16. The van der Waals surface area contributed by atoms with Crippen molar-refractivity contribution in [1.29, 1.82) is 0 Å². The lowest BCUT2D eigenvalue weighted by molar-refractivity contribution is -0.252. The molecule has 4 nitrogen and oxygen atoms in total. The van der Waals surface area contributed by atoms with Gasteiger partial charge >= 0.3 is 0 Å². The standard InChI is InChI=1S/C13H28N2O2/c1-11(2)15(5)8-6-7-14-12-9-16-13(3,4)17-10-12/h11-12,14H,6-10H2,1-5H3. The number of nitrogens with zero attached hydrogens (tertiary/aromatic N) is 1. The van der Waals surface area contributed by atoms with Gasteiger partial charge < -0.3 is 19.7 Å². The van der Waals surface area contributed by atoms with E-state index in [1.165, 1.54) is 0 Å². The van der Waals surface area contributed by atoms with E-state index in [1.54, 1.807) is 0 Å². The van der Waals surface area contributed by atoms with E-state index < -0.39 is 5.79 Å². The highest BCUT2D eigenvalue weighted by molar-refractivity contribution is 4.73. The van der Waals surface area contributed by atoms with Crippen LogP contribution in [0.3, 0.4) is 0 Å². The Hall–Kier alpha value is -0.160. The van der Waals surface area contributed by atoms with Crippen molar-refractivity contribution in [3.8, 4) is 0 Å². The van der Waals surface area contributed by atoms with Crippen LogP contribution in [0.25, 0.3) is 0 Å². The van der Waals surface area contributed by atoms with Crippen LogP contribution in [0.5, 0.6) is 0 Å². The lowest BCUT2D eigenvalue weighted by Crippen LogP contribution is -2.49. The molecule has 0 aliphatic carbocycles. The largest absolute Gasteiger partial charge is 0.349 e. The normalized spacial score (nSPS) is 21.4. The minimum absolute atomic E-state index is 0.340. The maximum atomic E-state index is 5.60. The first-order chi connectivity index (χ1) is 7.91. The minimum atomic E-state index is -0.407. The molecule has 1 rings (SSSR count). The highest BCUT2D eigenvalue weighted by atomic mass is 16.7. The number of hydrogen-bond donors (Lipinski definition) is 1. The zero-order valence-corrected chi connectivity index (χ0v) is 12.0. The Morgan fingerprint density at radius 1 is 1.29 bits per heavy atom. The summed E-state index contributed by atoms with van der Waals surface area (Å²) in [6.07, 6.45) is 1.16. The summed E-state index contributed by atoms with van der Waals surface area (Å²) in [5.41, 5.74) is 0. The van der Waals surface area contributed by atoms with Gasteiger partial charge in [-0.25, -0.2) is 0 Å². The fourth-order valence-electron chi connectivity index (χ4n) is 1.70. The molecule has 0 aromatic heterocycles. The van der Waals surface area contributed by atoms with E-state index in [2.05, 4.69) is 31.1 Å². The predicted octanol–water partition coefficient (Wildman–Crippen LogP) is 1.46. The molecule has 0 unspecified atom stereocenters. The van der Waals surface area contributed by atoms with Gasteiger partial charge in [0.15, 0.2) is 5.79 Å². The van der Waals surface area contributed by atoms with Crippen LogP contribution in [0.2, 0.25) is 0 Å². The van der Waals surface area contributed by atoms with E-state index in [-0.39, 0.29) is 0 Å². The number of hydrogen-bond acceptors (Lipinski definition) is 4. The topological polar surface area (TPSA) is 33.7 Å². The van der Waals surface area contributed by atoms with Crippen molar-refractivity contribution >= 4 is 0 Å². The Kier molecular flexibility index (Phi) is 5.86. The summed E-state index contributed by atoms with van der Waals surface area (Å²) in [5, 5.41) is 3.48. The Morgan fingerprint density at radius 3 is 2.41 bits per heavy atom. The van der Waals surface area contributed by atoms with Gasteiger partial charge in [0.05, 0.1) is 19.3 Å². The molecule has 0 saturated carbocycles. The molecule has 1 fully saturated rings. The maximum Gasteiger partial charge on any atom is 0.162 e. The fraction of sp³-hybridized carbons (Fsp3) is 1.00. The summed E-state index contributed by atoms with van der Waals surface area (Å²) in [6, 6.07) is 0.963. The van der Waals surface area contributed by atoms with E-state index in [0.717, 1.165) is 32.7 Å². The van der Waals surface area contributed by atoms with E-state index in [4.69, 9.17) is 9.47 Å². The minimum Gasteiger partial charge on any atom is -0.349 e. The quantitative estimate of drug-likeness (QED) is 0.717. The molecule has 17 heavy (non-hydrogen) atoms. The molecule has 0 atom stereocenters. The Bertz CT molecular complexity index is 209. The van der Waals surface area contributed by atoms with E-state index in [0.29, 0.717) is 12.1 Å². The molecular formula is C13H28N2O2. The van der Waals surface area contributed by atoms with Crippen LogP contribution in [-0.2, 0) is 9.47 Å². The van der Waals surface area contributed by atoms with Crippen molar-refractivity contribution in [3.05, 3.63) is 0 Å². The second kappa shape index (κ2) is 6.69. The molecule has 1 heterocycles. The van der Waals surface area contributed by atoms with Crippen LogP contribution < -0.4 is 5.32 Å². The molecular weight excluding hydrogens is 216 g/mol. The molecule has 0 amide bonds. The van der Waals surface area contributed by atoms with E-state index in [1.807, 2.05) is 13.8 Å². The fourth-order valence-corrected chi connectivity index (χ4v) is 1.70. The van der Waals surface area contributed by atoms with Gasteiger partial charge in [0.2, 0.25) is 0 Å². The average molecular weight is 244 g/mol. The molecule has 0 bridgehead atoms. The molecule has 0 aromatic carbocycles. The van der Waals surface area contributed by atoms with Crippen molar-refractivity contribution in [2.24, 2.45) is 0 Å². The third-order valence-corrected chi connectivity index (χ3v) is 3.27. The third-order valence-electron chi connectivity index (χ3n) is 3.27. The van der Waals surface area contributed by atoms with E-state index >= 15 is 0 Å². The first kappa shape index (κ1) is 14.9. The Morgan fingerprint density at radius 2 is 1.88 bits per heavy atom.